The molecular formula is C50H65N9O16. The maximum atomic E-state index is 14.0. The van der Waals surface area contributed by atoms with Crippen LogP contribution >= 0.6 is 0 Å². The normalized spacial score (nSPS) is 16.1. The minimum Gasteiger partial charge on any atom is -0.481 e. The van der Waals surface area contributed by atoms with Gasteiger partial charge in [-0.25, -0.2) is 14.4 Å². The van der Waals surface area contributed by atoms with Crippen LogP contribution in [0.25, 0.3) is 10.8 Å². The molecule has 25 heteroatoms. The predicted octanol–water partition coefficient (Wildman–Crippen LogP) is -0.0528. The highest BCUT2D eigenvalue weighted by Gasteiger charge is 2.29. The maximum Gasteiger partial charge on any atom is 0.326 e. The van der Waals surface area contributed by atoms with Crippen molar-refractivity contribution in [2.24, 2.45) is 0 Å². The van der Waals surface area contributed by atoms with Gasteiger partial charge in [-0.3, -0.25) is 53.2 Å². The molecule has 0 radical (unpaired) electrons. The van der Waals surface area contributed by atoms with Crippen LogP contribution in [-0.2, 0) is 67.3 Å². The predicted molar refractivity (Wildman–Crippen MR) is 266 cm³/mol. The van der Waals surface area contributed by atoms with Crippen molar-refractivity contribution in [1.82, 2.24) is 45.8 Å². The smallest absolute Gasteiger partial charge is 0.326 e. The number of benzene rings is 3. The Morgan fingerprint density at radius 2 is 1.16 bits per heavy atom. The fraction of sp³-hybridized carbons (Fsp3) is 0.480. The van der Waals surface area contributed by atoms with Gasteiger partial charge >= 0.3 is 29.9 Å². The summed E-state index contributed by atoms with van der Waals surface area (Å²) in [5.74, 6) is -6.42. The summed E-state index contributed by atoms with van der Waals surface area (Å²) in [7, 11) is 0. The number of aliphatic carboxylic acids is 4. The molecule has 25 nitrogen and oxygen atoms in total. The number of nitrogens with zero attached hydrogens (tertiary/aromatic N) is 5. The number of fused-ring (bicyclic) bond motifs is 2. The van der Waals surface area contributed by atoms with Crippen molar-refractivity contribution in [2.45, 2.75) is 69.7 Å². The number of carboxylic acids is 4. The summed E-state index contributed by atoms with van der Waals surface area (Å²) in [6, 6.07) is 13.3. The van der Waals surface area contributed by atoms with Gasteiger partial charge in [0, 0.05) is 90.4 Å². The maximum absolute atomic E-state index is 14.0. The molecule has 3 aromatic rings. The van der Waals surface area contributed by atoms with Crippen molar-refractivity contribution in [3.63, 3.8) is 0 Å². The van der Waals surface area contributed by atoms with Crippen LogP contribution in [-0.4, -0.2) is 209 Å². The molecule has 75 heavy (non-hydrogen) atoms. The van der Waals surface area contributed by atoms with E-state index >= 15 is 0 Å². The second kappa shape index (κ2) is 29.8. The molecule has 0 bridgehead atoms. The van der Waals surface area contributed by atoms with E-state index < -0.39 is 72.7 Å². The molecule has 2 heterocycles. The first-order chi connectivity index (χ1) is 36.0. The Balaban J connectivity index is 1.21. The molecule has 0 saturated carbocycles. The highest BCUT2D eigenvalue weighted by molar-refractivity contribution is 5.98. The van der Waals surface area contributed by atoms with Gasteiger partial charge in [0.2, 0.25) is 11.8 Å². The highest BCUT2D eigenvalue weighted by Crippen LogP contribution is 2.25. The van der Waals surface area contributed by atoms with E-state index in [1.807, 2.05) is 57.2 Å². The standard InChI is InChI=1S/C50H65N9O16/c60-32-74-30-57-19-17-55(15-16-56(29-45(65)66)18-20-58(22-21-57)31-75-33-61)28-43(62)59-26-38-11-10-37(25-39(38)27-59)46(67)52-42(24-34-8-9-35-5-1-2-6-36(35)23-34)47(68)51-14-4-3-7-40(48(69)70)53-50(73)54-41(49(71)72)12-13-44(63)64/h1-2,5-6,8-11,23,25,32-33,40-42H,3-4,7,12-22,24,26-31H2,(H,51,68)(H,52,67)(H,63,64)(H,65,66)(H,69,70)(H,71,72)(H2,53,54,73)/t40?,41-,42-/m0/s1. The number of rotatable bonds is 27. The van der Waals surface area contributed by atoms with Crippen LogP contribution in [0.5, 0.6) is 0 Å². The highest BCUT2D eigenvalue weighted by atomic mass is 16.5. The summed E-state index contributed by atoms with van der Waals surface area (Å²) in [5.41, 5.74) is 2.58. The average Bonchev–Trinajstić information content (AvgIpc) is 3.81. The molecule has 3 aromatic carbocycles. The van der Waals surface area contributed by atoms with Crippen molar-refractivity contribution < 1.29 is 77.8 Å². The fourth-order valence-electron chi connectivity index (χ4n) is 8.62. The van der Waals surface area contributed by atoms with Gasteiger partial charge in [0.05, 0.1) is 13.1 Å². The number of nitrogens with one attached hydrogen (secondary N) is 4. The van der Waals surface area contributed by atoms with E-state index in [4.69, 9.17) is 14.6 Å². The van der Waals surface area contributed by atoms with Gasteiger partial charge in [-0.1, -0.05) is 48.5 Å². The first kappa shape index (κ1) is 58.2. The second-order valence-electron chi connectivity index (χ2n) is 18.2. The van der Waals surface area contributed by atoms with Gasteiger partial charge in [0.25, 0.3) is 18.9 Å². The fourth-order valence-corrected chi connectivity index (χ4v) is 8.62. The van der Waals surface area contributed by atoms with Crippen LogP contribution in [0.15, 0.2) is 60.7 Å². The zero-order chi connectivity index (χ0) is 54.3. The molecule has 1 unspecified atom stereocenters. The molecule has 0 aliphatic carbocycles. The molecule has 3 atom stereocenters. The number of unbranched alkanes of at least 4 members (excludes halogenated alkanes) is 1. The first-order valence-corrected chi connectivity index (χ1v) is 24.4. The molecule has 2 aliphatic rings. The molecule has 1 fully saturated rings. The Labute approximate surface area is 432 Å². The average molecular weight is 1050 g/mol. The number of carbonyl (C=O) groups is 10. The van der Waals surface area contributed by atoms with Crippen LogP contribution in [0.3, 0.4) is 0 Å². The molecule has 0 spiro atoms. The summed E-state index contributed by atoms with van der Waals surface area (Å²) in [6.07, 6.45) is -0.458. The molecule has 2 aliphatic heterocycles. The van der Waals surface area contributed by atoms with E-state index in [1.165, 1.54) is 0 Å². The number of carbonyl (C=O) groups excluding carboxylic acids is 6. The quantitative estimate of drug-likeness (QED) is 0.0366. The SMILES string of the molecule is O=COCN1CCN(COC=O)CCN(CC(=O)N2Cc3ccc(C(=O)N[C@@H](Cc4ccc5ccccc5c4)C(=O)NCCCCC(NC(=O)N[C@@H](CCC(=O)O)C(=O)O)C(=O)O)cc3C2)CCN(CC(=O)O)CC1. The molecule has 1 saturated heterocycles. The molecule has 0 aromatic heterocycles. The Morgan fingerprint density at radius 1 is 0.587 bits per heavy atom. The lowest BCUT2D eigenvalue weighted by molar-refractivity contribution is -0.141. The third-order valence-corrected chi connectivity index (χ3v) is 12.8. The number of hydrogen-bond donors (Lipinski definition) is 8. The number of hydrogen-bond acceptors (Lipinski definition) is 16. The molecule has 5 amide bonds. The van der Waals surface area contributed by atoms with E-state index in [-0.39, 0.29) is 83.3 Å². The molecule has 8 N–H and O–H groups in total. The lowest BCUT2D eigenvalue weighted by Gasteiger charge is -2.33. The van der Waals surface area contributed by atoms with Crippen LogP contribution < -0.4 is 21.3 Å². The van der Waals surface area contributed by atoms with Gasteiger partial charge in [-0.15, -0.1) is 0 Å². The van der Waals surface area contributed by atoms with E-state index in [9.17, 15) is 63.3 Å². The van der Waals surface area contributed by atoms with Crippen LogP contribution in [0.4, 0.5) is 4.79 Å². The number of amides is 5. The van der Waals surface area contributed by atoms with Gasteiger partial charge in [0.15, 0.2) is 0 Å². The topological polar surface area (TPSA) is 334 Å². The monoisotopic (exact) mass is 1050 g/mol. The summed E-state index contributed by atoms with van der Waals surface area (Å²) < 4.78 is 10.0. The van der Waals surface area contributed by atoms with Gasteiger partial charge < -0.3 is 56.1 Å². The van der Waals surface area contributed by atoms with Crippen molar-refractivity contribution >= 4 is 71.3 Å². The Kier molecular flexibility index (Phi) is 23.1. The summed E-state index contributed by atoms with van der Waals surface area (Å²) in [5, 5.41) is 49.4. The second-order valence-corrected chi connectivity index (χ2v) is 18.2. The summed E-state index contributed by atoms with van der Waals surface area (Å²) >= 11 is 0. The Bertz CT molecular complexity index is 2500. The minimum absolute atomic E-state index is 0.000222. The van der Waals surface area contributed by atoms with E-state index in [0.29, 0.717) is 65.3 Å². The van der Waals surface area contributed by atoms with E-state index in [1.54, 1.807) is 28.0 Å². The lowest BCUT2D eigenvalue weighted by atomic mass is 10.0. The summed E-state index contributed by atoms with van der Waals surface area (Å²) in [6.45, 7) is 3.98. The van der Waals surface area contributed by atoms with Crippen molar-refractivity contribution in [3.8, 4) is 0 Å². The minimum atomic E-state index is -1.56. The lowest BCUT2D eigenvalue weighted by Crippen LogP contribution is -2.51. The third kappa shape index (κ3) is 19.6. The number of urea groups is 1. The van der Waals surface area contributed by atoms with Crippen molar-refractivity contribution in [2.75, 3.05) is 85.5 Å². The Morgan fingerprint density at radius 3 is 1.75 bits per heavy atom. The van der Waals surface area contributed by atoms with Crippen molar-refractivity contribution in [1.29, 1.82) is 0 Å². The van der Waals surface area contributed by atoms with Gasteiger partial charge in [-0.05, 0) is 65.3 Å². The molecular weight excluding hydrogens is 983 g/mol. The van der Waals surface area contributed by atoms with Crippen LogP contribution in [0, 0.1) is 0 Å². The van der Waals surface area contributed by atoms with E-state index in [0.717, 1.165) is 27.5 Å². The van der Waals surface area contributed by atoms with Crippen LogP contribution in [0.1, 0.15) is 59.2 Å². The Hall–Kier alpha value is -7.74. The molecule has 5 rings (SSSR count). The van der Waals surface area contributed by atoms with Crippen molar-refractivity contribution in [3.05, 3.63) is 82.9 Å². The number of carboxylic acid groups (broad SMARTS) is 4. The van der Waals surface area contributed by atoms with Gasteiger partial charge in [-0.2, -0.15) is 0 Å². The largest absolute Gasteiger partial charge is 0.481 e. The van der Waals surface area contributed by atoms with Gasteiger partial charge in [0.1, 0.15) is 31.6 Å². The third-order valence-electron chi connectivity index (χ3n) is 12.8. The molecule has 406 valence electrons. The zero-order valence-electron chi connectivity index (χ0n) is 41.4. The summed E-state index contributed by atoms with van der Waals surface area (Å²) in [4.78, 5) is 131. The van der Waals surface area contributed by atoms with Crippen LogP contribution in [0.2, 0.25) is 0 Å². The first-order valence-electron chi connectivity index (χ1n) is 24.4. The zero-order valence-corrected chi connectivity index (χ0v) is 41.4. The van der Waals surface area contributed by atoms with E-state index in [2.05, 4.69) is 21.3 Å². The number of ether oxygens (including phenoxy) is 2.